The first-order valence-electron chi connectivity index (χ1n) is 12.2. The molecule has 0 aliphatic carbocycles. The van der Waals surface area contributed by atoms with E-state index in [0.29, 0.717) is 36.1 Å². The van der Waals surface area contributed by atoms with E-state index in [2.05, 4.69) is 40.5 Å². The van der Waals surface area contributed by atoms with E-state index in [4.69, 9.17) is 4.74 Å². The van der Waals surface area contributed by atoms with Crippen LogP contribution in [0, 0.1) is 18.7 Å². The van der Waals surface area contributed by atoms with Crippen LogP contribution in [0.15, 0.2) is 48.8 Å². The summed E-state index contributed by atoms with van der Waals surface area (Å²) in [6, 6.07) is 12.8. The maximum atomic E-state index is 14.6. The Bertz CT molecular complexity index is 1450. The van der Waals surface area contributed by atoms with Crippen molar-refractivity contribution in [3.63, 3.8) is 0 Å². The van der Waals surface area contributed by atoms with Crippen LogP contribution in [0.5, 0.6) is 5.75 Å². The maximum Gasteiger partial charge on any atom is 0.252 e. The van der Waals surface area contributed by atoms with Gasteiger partial charge in [0, 0.05) is 41.4 Å². The highest BCUT2D eigenvalue weighted by atomic mass is 19.1. The highest BCUT2D eigenvalue weighted by molar-refractivity contribution is 5.99. The second-order valence-corrected chi connectivity index (χ2v) is 9.62. The lowest BCUT2D eigenvalue weighted by molar-refractivity contribution is 0.0953. The number of rotatable bonds is 8. The molecule has 0 saturated heterocycles. The van der Waals surface area contributed by atoms with Crippen LogP contribution in [0.2, 0.25) is 0 Å². The number of amides is 1. The average Bonchev–Trinajstić information content (AvgIpc) is 3.35. The summed E-state index contributed by atoms with van der Waals surface area (Å²) >= 11 is 0. The largest absolute Gasteiger partial charge is 0.496 e. The minimum atomic E-state index is -0.274. The van der Waals surface area contributed by atoms with E-state index in [9.17, 15) is 9.18 Å². The van der Waals surface area contributed by atoms with Gasteiger partial charge in [0.15, 0.2) is 0 Å². The Morgan fingerprint density at radius 3 is 2.78 bits per heavy atom. The Morgan fingerprint density at radius 2 is 2.00 bits per heavy atom. The first-order chi connectivity index (χ1) is 17.4. The second kappa shape index (κ2) is 9.60. The van der Waals surface area contributed by atoms with E-state index >= 15 is 0 Å². The molecule has 2 aromatic carbocycles. The molecule has 0 spiro atoms. The zero-order valence-corrected chi connectivity index (χ0v) is 20.9. The molecule has 186 valence electrons. The van der Waals surface area contributed by atoms with E-state index in [1.807, 2.05) is 35.8 Å². The number of anilines is 1. The maximum absolute atomic E-state index is 14.6. The fourth-order valence-electron chi connectivity index (χ4n) is 5.00. The summed E-state index contributed by atoms with van der Waals surface area (Å²) in [4.78, 5) is 21.2. The van der Waals surface area contributed by atoms with Gasteiger partial charge < -0.3 is 19.9 Å². The van der Waals surface area contributed by atoms with Crippen LogP contribution >= 0.6 is 0 Å². The van der Waals surface area contributed by atoms with E-state index in [0.717, 1.165) is 39.9 Å². The van der Waals surface area contributed by atoms with E-state index in [1.54, 1.807) is 13.2 Å². The van der Waals surface area contributed by atoms with Gasteiger partial charge in [0.05, 0.1) is 24.4 Å². The molecule has 1 amide bonds. The molecule has 4 aromatic rings. The highest BCUT2D eigenvalue weighted by Gasteiger charge is 2.29. The molecule has 3 heterocycles. The molecule has 8 heteroatoms. The van der Waals surface area contributed by atoms with Gasteiger partial charge in [0.25, 0.3) is 5.91 Å². The number of carbonyl (C=O) groups is 1. The quantitative estimate of drug-likeness (QED) is 0.343. The number of carbonyl (C=O) groups excluding carboxylic acids is 1. The molecule has 0 saturated carbocycles. The molecule has 7 nitrogen and oxygen atoms in total. The van der Waals surface area contributed by atoms with Crippen molar-refractivity contribution in [3.8, 4) is 17.0 Å². The number of aromatic nitrogens is 3. The summed E-state index contributed by atoms with van der Waals surface area (Å²) in [6.07, 6.45) is 2.42. The van der Waals surface area contributed by atoms with Crippen LogP contribution in [-0.2, 0) is 6.54 Å². The fourth-order valence-corrected chi connectivity index (χ4v) is 5.00. The van der Waals surface area contributed by atoms with Gasteiger partial charge in [-0.05, 0) is 55.2 Å². The van der Waals surface area contributed by atoms with Gasteiger partial charge >= 0.3 is 0 Å². The number of halogens is 1. The van der Waals surface area contributed by atoms with E-state index in [1.165, 1.54) is 12.4 Å². The fraction of sp³-hybridized carbons (Fsp3) is 0.321. The standard InChI is InChI=1S/C28H30FN5O2/c1-16(2)11-24-20-13-18(5-6-19(20)28(35)33-24)23-14-26(32-15-31-23)30-9-10-34-17(3)12-21-25(36-4)8-7-22(29)27(21)34/h5-8,12-16,24H,9-11H2,1-4H3,(H,33,35)(H,30,31,32). The van der Waals surface area contributed by atoms with Crippen molar-refractivity contribution in [1.29, 1.82) is 0 Å². The van der Waals surface area contributed by atoms with Gasteiger partial charge in [-0.3, -0.25) is 4.79 Å². The van der Waals surface area contributed by atoms with E-state index < -0.39 is 0 Å². The molecule has 1 unspecified atom stereocenters. The summed E-state index contributed by atoms with van der Waals surface area (Å²) in [7, 11) is 1.59. The molecule has 0 radical (unpaired) electrons. The van der Waals surface area contributed by atoms with Gasteiger partial charge in [-0.1, -0.05) is 19.9 Å². The predicted molar refractivity (Wildman–Crippen MR) is 139 cm³/mol. The summed E-state index contributed by atoms with van der Waals surface area (Å²) in [5, 5.41) is 7.19. The minimum absolute atomic E-state index is 0.0190. The number of nitrogens with one attached hydrogen (secondary N) is 2. The lowest BCUT2D eigenvalue weighted by Crippen LogP contribution is -2.20. The van der Waals surface area contributed by atoms with Gasteiger partial charge in [-0.2, -0.15) is 0 Å². The third-order valence-corrected chi connectivity index (χ3v) is 6.69. The third-order valence-electron chi connectivity index (χ3n) is 6.69. The van der Waals surface area contributed by atoms with Gasteiger partial charge in [-0.15, -0.1) is 0 Å². The number of nitrogens with zero attached hydrogens (tertiary/aromatic N) is 3. The topological polar surface area (TPSA) is 81.1 Å². The van der Waals surface area contributed by atoms with Crippen molar-refractivity contribution >= 4 is 22.6 Å². The molecule has 1 aliphatic heterocycles. The average molecular weight is 488 g/mol. The van der Waals surface area contributed by atoms with Crippen molar-refractivity contribution in [2.45, 2.75) is 39.8 Å². The van der Waals surface area contributed by atoms with Crippen LogP contribution in [-0.4, -0.2) is 34.1 Å². The van der Waals surface area contributed by atoms with Crippen molar-refractivity contribution in [2.24, 2.45) is 5.92 Å². The number of fused-ring (bicyclic) bond motifs is 2. The van der Waals surface area contributed by atoms with Crippen LogP contribution < -0.4 is 15.4 Å². The Balaban J connectivity index is 1.34. The summed E-state index contributed by atoms with van der Waals surface area (Å²) in [5.74, 6) is 1.51. The Labute approximate surface area is 209 Å². The number of benzene rings is 2. The number of hydrogen-bond donors (Lipinski definition) is 2. The minimum Gasteiger partial charge on any atom is -0.496 e. The normalized spacial score (nSPS) is 14.8. The number of aryl methyl sites for hydroxylation is 1. The smallest absolute Gasteiger partial charge is 0.252 e. The lowest BCUT2D eigenvalue weighted by Gasteiger charge is -2.15. The van der Waals surface area contributed by atoms with Crippen LogP contribution in [0.25, 0.3) is 22.2 Å². The van der Waals surface area contributed by atoms with Crippen LogP contribution in [0.4, 0.5) is 10.2 Å². The summed E-state index contributed by atoms with van der Waals surface area (Å²) < 4.78 is 22.0. The zero-order chi connectivity index (χ0) is 25.4. The molecule has 2 N–H and O–H groups in total. The highest BCUT2D eigenvalue weighted by Crippen LogP contribution is 2.34. The molecule has 1 atom stereocenters. The van der Waals surface area contributed by atoms with Gasteiger partial charge in [0.2, 0.25) is 0 Å². The molecule has 0 fully saturated rings. The first kappa shape index (κ1) is 23.8. The predicted octanol–water partition coefficient (Wildman–Crippen LogP) is 5.50. The third kappa shape index (κ3) is 4.39. The van der Waals surface area contributed by atoms with Crippen molar-refractivity contribution in [1.82, 2.24) is 19.9 Å². The monoisotopic (exact) mass is 487 g/mol. The summed E-state index contributed by atoms with van der Waals surface area (Å²) in [5.41, 5.74) is 4.95. The van der Waals surface area contributed by atoms with Gasteiger partial charge in [-0.25, -0.2) is 14.4 Å². The Hall–Kier alpha value is -3.94. The zero-order valence-electron chi connectivity index (χ0n) is 20.9. The molecular formula is C28H30FN5O2. The van der Waals surface area contributed by atoms with Crippen molar-refractivity contribution in [3.05, 3.63) is 71.4 Å². The number of methoxy groups -OCH3 is 1. The Kier molecular flexibility index (Phi) is 6.35. The summed E-state index contributed by atoms with van der Waals surface area (Å²) in [6.45, 7) is 7.37. The molecule has 1 aliphatic rings. The molecule has 36 heavy (non-hydrogen) atoms. The number of ether oxygens (including phenoxy) is 1. The molecule has 0 bridgehead atoms. The molecular weight excluding hydrogens is 457 g/mol. The van der Waals surface area contributed by atoms with Crippen molar-refractivity contribution in [2.75, 3.05) is 19.0 Å². The molecule has 2 aromatic heterocycles. The van der Waals surface area contributed by atoms with Crippen LogP contribution in [0.3, 0.4) is 0 Å². The second-order valence-electron chi connectivity index (χ2n) is 9.62. The van der Waals surface area contributed by atoms with Crippen molar-refractivity contribution < 1.29 is 13.9 Å². The van der Waals surface area contributed by atoms with E-state index in [-0.39, 0.29) is 17.8 Å². The van der Waals surface area contributed by atoms with Crippen LogP contribution in [0.1, 0.15) is 47.9 Å². The SMILES string of the molecule is COc1ccc(F)c2c1cc(C)n2CCNc1cc(-c2ccc3c(c2)C(CC(C)C)NC3=O)ncn1. The lowest BCUT2D eigenvalue weighted by atomic mass is 9.94. The van der Waals surface area contributed by atoms with Gasteiger partial charge in [0.1, 0.15) is 23.7 Å². The first-order valence-corrected chi connectivity index (χ1v) is 12.2. The molecule has 5 rings (SSSR count). The number of hydrogen-bond acceptors (Lipinski definition) is 5. The Morgan fingerprint density at radius 1 is 1.17 bits per heavy atom.